The fraction of sp³-hybridized carbons (Fsp3) is 0.483. The minimum absolute atomic E-state index is 0.0305. The predicted octanol–water partition coefficient (Wildman–Crippen LogP) is 4.95. The van der Waals surface area contributed by atoms with Gasteiger partial charge in [0.2, 0.25) is 0 Å². The molecule has 2 aromatic carbocycles. The number of carboxylic acids is 1. The van der Waals surface area contributed by atoms with Crippen LogP contribution in [0.15, 0.2) is 42.5 Å². The molecular formula is C29H35N3O5. The molecule has 1 aliphatic carbocycles. The number of amides is 1. The molecule has 1 atom stereocenters. The van der Waals surface area contributed by atoms with Crippen molar-refractivity contribution in [3.05, 3.63) is 65.0 Å². The Balaban J connectivity index is 1.60. The minimum atomic E-state index is -0.703. The van der Waals surface area contributed by atoms with Gasteiger partial charge in [-0.1, -0.05) is 36.4 Å². The van der Waals surface area contributed by atoms with Crippen molar-refractivity contribution < 1.29 is 24.2 Å². The number of methoxy groups -OCH3 is 2. The summed E-state index contributed by atoms with van der Waals surface area (Å²) in [4.78, 5) is 30.9. The van der Waals surface area contributed by atoms with Crippen LogP contribution in [0.25, 0.3) is 11.0 Å². The van der Waals surface area contributed by atoms with Gasteiger partial charge in [-0.3, -0.25) is 4.79 Å². The smallest absolute Gasteiger partial charge is 0.409 e. The second-order valence-electron chi connectivity index (χ2n) is 10.2. The summed E-state index contributed by atoms with van der Waals surface area (Å²) in [7, 11) is 3.14. The number of hydrogen-bond donors (Lipinski definition) is 1. The Bertz CT molecular complexity index is 1260. The monoisotopic (exact) mass is 505 g/mol. The normalized spacial score (nSPS) is 20.4. The molecule has 37 heavy (non-hydrogen) atoms. The van der Waals surface area contributed by atoms with Crippen molar-refractivity contribution >= 4 is 23.1 Å². The van der Waals surface area contributed by atoms with Crippen LogP contribution < -0.4 is 0 Å². The topological polar surface area (TPSA) is 93.9 Å². The fourth-order valence-electron chi connectivity index (χ4n) is 6.07. The van der Waals surface area contributed by atoms with E-state index in [1.165, 1.54) is 18.2 Å². The molecule has 5 rings (SSSR count). The van der Waals surface area contributed by atoms with Gasteiger partial charge >= 0.3 is 12.1 Å². The van der Waals surface area contributed by atoms with Crippen LogP contribution >= 0.6 is 0 Å². The summed E-state index contributed by atoms with van der Waals surface area (Å²) in [6.07, 6.45) is 4.14. The van der Waals surface area contributed by atoms with Gasteiger partial charge in [-0.05, 0) is 55.7 Å². The zero-order valence-corrected chi connectivity index (χ0v) is 21.6. The highest BCUT2D eigenvalue weighted by atomic mass is 16.5. The van der Waals surface area contributed by atoms with Crippen molar-refractivity contribution in [2.24, 2.45) is 5.92 Å². The lowest BCUT2D eigenvalue weighted by atomic mass is 9.81. The van der Waals surface area contributed by atoms with E-state index in [-0.39, 0.29) is 24.0 Å². The van der Waals surface area contributed by atoms with Gasteiger partial charge in [0.05, 0.1) is 43.3 Å². The van der Waals surface area contributed by atoms with E-state index in [9.17, 15) is 14.7 Å². The van der Waals surface area contributed by atoms with Gasteiger partial charge in [-0.15, -0.1) is 0 Å². The van der Waals surface area contributed by atoms with Crippen LogP contribution in [0.4, 0.5) is 4.79 Å². The molecule has 196 valence electrons. The first-order chi connectivity index (χ1) is 18.0. The van der Waals surface area contributed by atoms with Crippen LogP contribution in [-0.4, -0.2) is 59.0 Å². The Labute approximate surface area is 217 Å². The van der Waals surface area contributed by atoms with E-state index in [2.05, 4.69) is 41.0 Å². The number of carboxylic acid groups (broad SMARTS) is 1. The van der Waals surface area contributed by atoms with E-state index in [0.29, 0.717) is 32.5 Å². The zero-order chi connectivity index (χ0) is 25.9. The van der Waals surface area contributed by atoms with Gasteiger partial charge in [-0.25, -0.2) is 9.78 Å². The molecule has 0 bridgehead atoms. The molecule has 2 heterocycles. The van der Waals surface area contributed by atoms with Gasteiger partial charge in [0.15, 0.2) is 0 Å². The van der Waals surface area contributed by atoms with Crippen LogP contribution in [0.5, 0.6) is 0 Å². The number of imidazole rings is 1. The molecule has 0 saturated heterocycles. The van der Waals surface area contributed by atoms with Crippen LogP contribution in [0, 0.1) is 5.92 Å². The van der Waals surface area contributed by atoms with Crippen molar-refractivity contribution in [2.45, 2.75) is 57.0 Å². The summed E-state index contributed by atoms with van der Waals surface area (Å²) in [5.41, 5.74) is 5.48. The van der Waals surface area contributed by atoms with Crippen LogP contribution in [0.1, 0.15) is 60.2 Å². The summed E-state index contributed by atoms with van der Waals surface area (Å²) in [6, 6.07) is 14.8. The molecule has 1 fully saturated rings. The largest absolute Gasteiger partial charge is 0.481 e. The Morgan fingerprint density at radius 1 is 1.08 bits per heavy atom. The van der Waals surface area contributed by atoms with E-state index < -0.39 is 5.97 Å². The van der Waals surface area contributed by atoms with Crippen molar-refractivity contribution in [3.63, 3.8) is 0 Å². The minimum Gasteiger partial charge on any atom is -0.481 e. The Morgan fingerprint density at radius 3 is 2.51 bits per heavy atom. The molecule has 2 aliphatic rings. The second-order valence-corrected chi connectivity index (χ2v) is 10.2. The van der Waals surface area contributed by atoms with Gasteiger partial charge in [0.25, 0.3) is 0 Å². The molecule has 1 amide bonds. The number of ether oxygens (including phenoxy) is 2. The molecule has 8 heteroatoms. The third-order valence-electron chi connectivity index (χ3n) is 8.00. The molecule has 3 aromatic rings. The maximum Gasteiger partial charge on any atom is 0.409 e. The number of nitrogens with zero attached hydrogens (tertiary/aromatic N) is 3. The molecular weight excluding hydrogens is 470 g/mol. The maximum atomic E-state index is 12.3. The molecule has 0 unspecified atom stereocenters. The average Bonchev–Trinajstić information content (AvgIpc) is 3.33. The summed E-state index contributed by atoms with van der Waals surface area (Å²) < 4.78 is 13.1. The fourth-order valence-corrected chi connectivity index (χ4v) is 6.07. The summed E-state index contributed by atoms with van der Waals surface area (Å²) >= 11 is 0. The van der Waals surface area contributed by atoms with E-state index in [4.69, 9.17) is 14.5 Å². The van der Waals surface area contributed by atoms with E-state index in [0.717, 1.165) is 48.1 Å². The Hall–Kier alpha value is -3.39. The lowest BCUT2D eigenvalue weighted by Gasteiger charge is -2.29. The highest BCUT2D eigenvalue weighted by molar-refractivity contribution is 5.82. The first kappa shape index (κ1) is 25.3. The van der Waals surface area contributed by atoms with Crippen molar-refractivity contribution in [3.8, 4) is 0 Å². The summed E-state index contributed by atoms with van der Waals surface area (Å²) in [6.45, 7) is 1.62. The van der Waals surface area contributed by atoms with Crippen molar-refractivity contribution in [1.29, 1.82) is 0 Å². The third-order valence-corrected chi connectivity index (χ3v) is 8.00. The molecule has 8 nitrogen and oxygen atoms in total. The molecule has 0 radical (unpaired) electrons. The van der Waals surface area contributed by atoms with Gasteiger partial charge in [0.1, 0.15) is 5.82 Å². The van der Waals surface area contributed by atoms with Crippen LogP contribution in [-0.2, 0) is 33.7 Å². The van der Waals surface area contributed by atoms with Gasteiger partial charge in [0, 0.05) is 25.1 Å². The highest BCUT2D eigenvalue weighted by Crippen LogP contribution is 2.40. The molecule has 0 spiro atoms. The van der Waals surface area contributed by atoms with Crippen molar-refractivity contribution in [1.82, 2.24) is 14.5 Å². The predicted molar refractivity (Wildman–Crippen MR) is 140 cm³/mol. The number of rotatable bonds is 7. The van der Waals surface area contributed by atoms with Crippen molar-refractivity contribution in [2.75, 3.05) is 27.4 Å². The van der Waals surface area contributed by atoms with Gasteiger partial charge < -0.3 is 24.0 Å². The average molecular weight is 506 g/mol. The van der Waals surface area contributed by atoms with E-state index in [1.807, 2.05) is 6.07 Å². The number of aromatic nitrogens is 2. The second kappa shape index (κ2) is 10.9. The number of hydrogen-bond acceptors (Lipinski definition) is 5. The van der Waals surface area contributed by atoms with E-state index in [1.54, 1.807) is 12.0 Å². The van der Waals surface area contributed by atoms with Gasteiger partial charge in [-0.2, -0.15) is 0 Å². The zero-order valence-electron chi connectivity index (χ0n) is 21.6. The summed E-state index contributed by atoms with van der Waals surface area (Å²) in [5.74, 6) is 0.189. The molecule has 1 N–H and O–H groups in total. The summed E-state index contributed by atoms with van der Waals surface area (Å²) in [5, 5.41) is 9.53. The molecule has 1 aliphatic heterocycles. The number of carbonyl (C=O) groups is 2. The van der Waals surface area contributed by atoms with Crippen LogP contribution in [0.2, 0.25) is 0 Å². The lowest BCUT2D eigenvalue weighted by molar-refractivity contribution is -0.142. The first-order valence-electron chi connectivity index (χ1n) is 13.1. The lowest BCUT2D eigenvalue weighted by Crippen LogP contribution is -2.35. The highest BCUT2D eigenvalue weighted by Gasteiger charge is 2.33. The van der Waals surface area contributed by atoms with Crippen LogP contribution in [0.3, 0.4) is 0 Å². The number of benzene rings is 2. The third kappa shape index (κ3) is 5.07. The molecule has 1 saturated carbocycles. The quantitative estimate of drug-likeness (QED) is 0.488. The molecule has 1 aromatic heterocycles. The Morgan fingerprint density at radius 2 is 1.84 bits per heavy atom. The first-order valence-corrected chi connectivity index (χ1v) is 13.1. The standard InChI is InChI=1S/C29H35N3O5/c1-36-18-23(16-19-6-4-3-5-7-19)32-25-13-12-20-14-15-31(29(35)37-2)17-24(20)26(25)30-27(32)21-8-10-22(11-9-21)28(33)34/h3-7,12-13,21-23H,8-11,14-18H2,1-2H3,(H,33,34)/t21-,22-,23-/m1/s1. The number of fused-ring (bicyclic) bond motifs is 3. The number of carbonyl (C=O) groups excluding carboxylic acids is 1. The SMILES string of the molecule is COC[C@@H](Cc1ccccc1)n1c2ccc3c(c2nc1[C@H]1CC[C@H](C(=O)O)CC1)CN(C(=O)OC)CC3. The number of aliphatic carboxylic acids is 1. The maximum absolute atomic E-state index is 12.3. The Kier molecular flexibility index (Phi) is 7.46. The van der Waals surface area contributed by atoms with E-state index >= 15 is 0 Å².